The highest BCUT2D eigenvalue weighted by Crippen LogP contribution is 2.17. The average Bonchev–Trinajstić information content (AvgIpc) is 3.15. The van der Waals surface area contributed by atoms with Crippen LogP contribution >= 0.6 is 0 Å². The summed E-state index contributed by atoms with van der Waals surface area (Å²) in [6, 6.07) is 14.7. The second-order valence-electron chi connectivity index (χ2n) is 6.99. The molecular formula is C21H25FN6. The summed E-state index contributed by atoms with van der Waals surface area (Å²) in [4.78, 5) is 16.8. The number of rotatable bonds is 5. The van der Waals surface area contributed by atoms with Crippen molar-refractivity contribution < 1.29 is 4.39 Å². The number of nitrogens with zero attached hydrogens (tertiary/aromatic N) is 4. The van der Waals surface area contributed by atoms with E-state index in [9.17, 15) is 4.39 Å². The minimum Gasteiger partial charge on any atom is -0.370 e. The number of hydrogen-bond donors (Lipinski definition) is 2. The van der Waals surface area contributed by atoms with Gasteiger partial charge in [-0.3, -0.25) is 4.99 Å². The van der Waals surface area contributed by atoms with Crippen LogP contribution in [0.3, 0.4) is 0 Å². The third-order valence-electron chi connectivity index (χ3n) is 5.08. The molecule has 0 aliphatic carbocycles. The van der Waals surface area contributed by atoms with Crippen molar-refractivity contribution in [1.82, 2.24) is 14.9 Å². The summed E-state index contributed by atoms with van der Waals surface area (Å²) in [5.41, 5.74) is 9.29. The van der Waals surface area contributed by atoms with Crippen molar-refractivity contribution in [3.63, 3.8) is 0 Å². The monoisotopic (exact) mass is 380 g/mol. The molecule has 0 unspecified atom stereocenters. The van der Waals surface area contributed by atoms with Gasteiger partial charge >= 0.3 is 0 Å². The predicted octanol–water partition coefficient (Wildman–Crippen LogP) is 2.77. The highest BCUT2D eigenvalue weighted by molar-refractivity contribution is 5.78. The number of fused-ring (bicyclic) bond motifs is 1. The second kappa shape index (κ2) is 8.29. The minimum absolute atomic E-state index is 0.207. The van der Waals surface area contributed by atoms with Crippen molar-refractivity contribution in [2.24, 2.45) is 10.7 Å². The van der Waals surface area contributed by atoms with Gasteiger partial charge in [0, 0.05) is 44.8 Å². The third-order valence-corrected chi connectivity index (χ3v) is 5.08. The molecule has 146 valence electrons. The maximum atomic E-state index is 13.1. The van der Waals surface area contributed by atoms with Crippen LogP contribution < -0.4 is 10.6 Å². The first-order chi connectivity index (χ1) is 13.7. The number of anilines is 1. The maximum Gasteiger partial charge on any atom is 0.191 e. The molecule has 2 heterocycles. The van der Waals surface area contributed by atoms with Gasteiger partial charge in [-0.15, -0.1) is 0 Å². The van der Waals surface area contributed by atoms with E-state index in [0.29, 0.717) is 12.5 Å². The van der Waals surface area contributed by atoms with Crippen molar-refractivity contribution in [2.75, 3.05) is 37.6 Å². The van der Waals surface area contributed by atoms with E-state index in [1.54, 1.807) is 0 Å². The number of benzene rings is 2. The first-order valence-corrected chi connectivity index (χ1v) is 9.68. The van der Waals surface area contributed by atoms with Crippen LogP contribution in [0.2, 0.25) is 0 Å². The number of para-hydroxylation sites is 2. The van der Waals surface area contributed by atoms with Gasteiger partial charge in [-0.1, -0.05) is 12.1 Å². The number of aryl methyl sites for hydroxylation is 1. The fourth-order valence-electron chi connectivity index (χ4n) is 3.51. The molecule has 3 N–H and O–H groups in total. The van der Waals surface area contributed by atoms with Crippen molar-refractivity contribution in [1.29, 1.82) is 0 Å². The summed E-state index contributed by atoms with van der Waals surface area (Å²) in [5, 5.41) is 0. The molecule has 0 radical (unpaired) electrons. The summed E-state index contributed by atoms with van der Waals surface area (Å²) in [7, 11) is 0. The van der Waals surface area contributed by atoms with Crippen LogP contribution in [0.5, 0.6) is 0 Å². The second-order valence-corrected chi connectivity index (χ2v) is 6.99. The molecule has 0 bridgehead atoms. The standard InChI is InChI=1S/C21H25FN6/c22-16-7-9-17(10-8-16)27-12-14-28(15-13-27)21(23)24-11-3-6-20-25-18-4-1-2-5-19(18)26-20/h1-2,4-5,7-10H,3,6,11-15H2,(H2,23,24)(H,25,26). The van der Waals surface area contributed by atoms with E-state index in [1.165, 1.54) is 12.1 Å². The first kappa shape index (κ1) is 18.3. The molecule has 0 spiro atoms. The number of nitrogens with one attached hydrogen (secondary N) is 1. The molecule has 0 saturated carbocycles. The molecule has 0 amide bonds. The van der Waals surface area contributed by atoms with Gasteiger partial charge in [0.05, 0.1) is 11.0 Å². The molecule has 28 heavy (non-hydrogen) atoms. The van der Waals surface area contributed by atoms with Gasteiger partial charge < -0.3 is 20.5 Å². The number of H-pyrrole nitrogens is 1. The molecule has 4 rings (SSSR count). The van der Waals surface area contributed by atoms with Gasteiger partial charge in [0.2, 0.25) is 0 Å². The van der Waals surface area contributed by atoms with Gasteiger partial charge in [0.1, 0.15) is 11.6 Å². The Hall–Kier alpha value is -3.09. The smallest absolute Gasteiger partial charge is 0.191 e. The summed E-state index contributed by atoms with van der Waals surface area (Å²) >= 11 is 0. The Morgan fingerprint density at radius 2 is 1.82 bits per heavy atom. The first-order valence-electron chi connectivity index (χ1n) is 9.68. The third kappa shape index (κ3) is 4.24. The van der Waals surface area contributed by atoms with Crippen molar-refractivity contribution in [3.05, 3.63) is 60.2 Å². The highest BCUT2D eigenvalue weighted by Gasteiger charge is 2.18. The molecule has 1 aliphatic rings. The lowest BCUT2D eigenvalue weighted by molar-refractivity contribution is 0.380. The lowest BCUT2D eigenvalue weighted by atomic mass is 10.2. The van der Waals surface area contributed by atoms with Crippen LogP contribution in [0.4, 0.5) is 10.1 Å². The van der Waals surface area contributed by atoms with E-state index in [4.69, 9.17) is 5.73 Å². The molecule has 0 atom stereocenters. The lowest BCUT2D eigenvalue weighted by Crippen LogP contribution is -2.51. The van der Waals surface area contributed by atoms with Crippen molar-refractivity contribution >= 4 is 22.7 Å². The van der Waals surface area contributed by atoms with Crippen LogP contribution in [-0.4, -0.2) is 53.6 Å². The lowest BCUT2D eigenvalue weighted by Gasteiger charge is -2.36. The molecule has 6 nitrogen and oxygen atoms in total. The van der Waals surface area contributed by atoms with E-state index >= 15 is 0 Å². The van der Waals surface area contributed by atoms with Gasteiger partial charge in [-0.25, -0.2) is 9.37 Å². The number of halogens is 1. The topological polar surface area (TPSA) is 73.5 Å². The van der Waals surface area contributed by atoms with Crippen LogP contribution in [-0.2, 0) is 6.42 Å². The number of aromatic amines is 1. The number of aromatic nitrogens is 2. The van der Waals surface area contributed by atoms with E-state index in [0.717, 1.165) is 61.6 Å². The highest BCUT2D eigenvalue weighted by atomic mass is 19.1. The van der Waals surface area contributed by atoms with Gasteiger partial charge in [0.25, 0.3) is 0 Å². The van der Waals surface area contributed by atoms with Crippen molar-refractivity contribution in [2.45, 2.75) is 12.8 Å². The summed E-state index contributed by atoms with van der Waals surface area (Å²) in [5.74, 6) is 1.38. The number of imidazole rings is 1. The Balaban J connectivity index is 1.24. The molecule has 1 aromatic heterocycles. The Morgan fingerprint density at radius 1 is 1.07 bits per heavy atom. The molecule has 7 heteroatoms. The quantitative estimate of drug-likeness (QED) is 0.406. The molecule has 1 fully saturated rings. The van der Waals surface area contributed by atoms with E-state index in [-0.39, 0.29) is 5.82 Å². The molecule has 2 aromatic carbocycles. The molecule has 3 aromatic rings. The SMILES string of the molecule is NC(=NCCCc1nc2ccccc2[nH]1)N1CCN(c2ccc(F)cc2)CC1. The van der Waals surface area contributed by atoms with Gasteiger partial charge in [-0.05, 0) is 42.8 Å². The summed E-state index contributed by atoms with van der Waals surface area (Å²) in [6.45, 7) is 4.01. The van der Waals surface area contributed by atoms with E-state index < -0.39 is 0 Å². The zero-order valence-electron chi connectivity index (χ0n) is 15.8. The van der Waals surface area contributed by atoms with Crippen LogP contribution in [0.25, 0.3) is 11.0 Å². The van der Waals surface area contributed by atoms with Crippen LogP contribution in [0, 0.1) is 5.82 Å². The fraction of sp³-hybridized carbons (Fsp3) is 0.333. The van der Waals surface area contributed by atoms with E-state index in [1.807, 2.05) is 36.4 Å². The zero-order valence-corrected chi connectivity index (χ0v) is 15.8. The van der Waals surface area contributed by atoms with Crippen LogP contribution in [0.15, 0.2) is 53.5 Å². The predicted molar refractivity (Wildman–Crippen MR) is 111 cm³/mol. The van der Waals surface area contributed by atoms with Gasteiger partial charge in [0.15, 0.2) is 5.96 Å². The molecule has 1 saturated heterocycles. The zero-order chi connectivity index (χ0) is 19.3. The average molecular weight is 380 g/mol. The van der Waals surface area contributed by atoms with E-state index in [2.05, 4.69) is 24.8 Å². The van der Waals surface area contributed by atoms with Crippen molar-refractivity contribution in [3.8, 4) is 0 Å². The van der Waals surface area contributed by atoms with Crippen LogP contribution in [0.1, 0.15) is 12.2 Å². The largest absolute Gasteiger partial charge is 0.370 e. The normalized spacial score (nSPS) is 15.4. The number of nitrogens with two attached hydrogens (primary N) is 1. The number of piperazine rings is 1. The molecular weight excluding hydrogens is 355 g/mol. The number of guanidine groups is 1. The maximum absolute atomic E-state index is 13.1. The Morgan fingerprint density at radius 3 is 2.57 bits per heavy atom. The molecule has 1 aliphatic heterocycles. The number of aliphatic imine (C=N–C) groups is 1. The Labute approximate surface area is 163 Å². The number of hydrogen-bond acceptors (Lipinski definition) is 3. The summed E-state index contributed by atoms with van der Waals surface area (Å²) in [6.07, 6.45) is 1.75. The van der Waals surface area contributed by atoms with Gasteiger partial charge in [-0.2, -0.15) is 0 Å². The summed E-state index contributed by atoms with van der Waals surface area (Å²) < 4.78 is 13.1. The minimum atomic E-state index is -0.207. The Kier molecular flexibility index (Phi) is 5.41. The fourth-order valence-corrected chi connectivity index (χ4v) is 3.51. The Bertz CT molecular complexity index is 908.